The summed E-state index contributed by atoms with van der Waals surface area (Å²) in [6.45, 7) is 3.01. The number of nitrogens with one attached hydrogen (secondary N) is 1. The van der Waals surface area contributed by atoms with Crippen LogP contribution in [0.15, 0.2) is 47.6 Å². The number of benzene rings is 1. The maximum atomic E-state index is 12.2. The molecule has 0 radical (unpaired) electrons. The molecule has 26 heavy (non-hydrogen) atoms. The van der Waals surface area contributed by atoms with E-state index in [0.29, 0.717) is 24.7 Å². The maximum Gasteiger partial charge on any atom is 0.282 e. The van der Waals surface area contributed by atoms with Crippen LogP contribution in [0, 0.1) is 0 Å². The molecule has 1 amide bonds. The molecule has 0 spiro atoms. The Morgan fingerprint density at radius 1 is 1.31 bits per heavy atom. The van der Waals surface area contributed by atoms with Gasteiger partial charge in [0, 0.05) is 5.69 Å². The van der Waals surface area contributed by atoms with Crippen molar-refractivity contribution in [3.63, 3.8) is 0 Å². The van der Waals surface area contributed by atoms with E-state index in [2.05, 4.69) is 15.3 Å². The third kappa shape index (κ3) is 4.72. The van der Waals surface area contributed by atoms with Gasteiger partial charge >= 0.3 is 0 Å². The van der Waals surface area contributed by atoms with Gasteiger partial charge < -0.3 is 20.5 Å². The number of anilines is 1. The average molecular weight is 354 g/mol. The van der Waals surface area contributed by atoms with Crippen molar-refractivity contribution in [1.29, 1.82) is 0 Å². The summed E-state index contributed by atoms with van der Waals surface area (Å²) >= 11 is 0. The summed E-state index contributed by atoms with van der Waals surface area (Å²) in [5.41, 5.74) is 7.74. The molecule has 0 aliphatic carbocycles. The lowest BCUT2D eigenvalue weighted by Crippen LogP contribution is -2.13. The van der Waals surface area contributed by atoms with Gasteiger partial charge in [0.25, 0.3) is 11.9 Å². The minimum Gasteiger partial charge on any atom is -0.492 e. The predicted molar refractivity (Wildman–Crippen MR) is 99.5 cm³/mol. The van der Waals surface area contributed by atoms with E-state index in [1.54, 1.807) is 18.3 Å². The maximum absolute atomic E-state index is 12.2. The van der Waals surface area contributed by atoms with Crippen LogP contribution in [0.3, 0.4) is 0 Å². The first-order valence-electron chi connectivity index (χ1n) is 8.59. The number of hydrogen-bond donors (Lipinski definition) is 2. The average Bonchev–Trinajstić information content (AvgIpc) is 3.07. The number of amides is 1. The standard InChI is InChI=1S/C19H22N4O3/c1-2-25-16-9-10-17(21-11-16)18(24)22-14-6-3-13(4-7-14)5-8-15-12-26-19(20)23-15/h3-4,6-7,9-11,15H,2,5,8,12H2,1H3,(H2,20,23)(H,22,24)/t15-/m0/s1. The number of aromatic nitrogens is 1. The summed E-state index contributed by atoms with van der Waals surface area (Å²) in [5.74, 6) is 0.390. The number of aryl methyl sites for hydroxylation is 1. The van der Waals surface area contributed by atoms with Crippen LogP contribution in [-0.2, 0) is 11.2 Å². The zero-order valence-corrected chi connectivity index (χ0v) is 14.6. The van der Waals surface area contributed by atoms with Gasteiger partial charge in [-0.3, -0.25) is 4.79 Å². The monoisotopic (exact) mass is 354 g/mol. The normalized spacial score (nSPS) is 15.9. The van der Waals surface area contributed by atoms with Crippen LogP contribution in [0.2, 0.25) is 0 Å². The number of nitrogens with two attached hydrogens (primary N) is 1. The van der Waals surface area contributed by atoms with E-state index < -0.39 is 0 Å². The van der Waals surface area contributed by atoms with Crippen molar-refractivity contribution in [2.24, 2.45) is 10.7 Å². The van der Waals surface area contributed by atoms with E-state index in [1.165, 1.54) is 5.56 Å². The molecule has 0 unspecified atom stereocenters. The molecule has 2 heterocycles. The van der Waals surface area contributed by atoms with E-state index in [4.69, 9.17) is 15.2 Å². The highest BCUT2D eigenvalue weighted by molar-refractivity contribution is 6.02. The summed E-state index contributed by atoms with van der Waals surface area (Å²) in [4.78, 5) is 20.6. The van der Waals surface area contributed by atoms with Crippen molar-refractivity contribution >= 4 is 17.6 Å². The molecule has 1 aliphatic rings. The van der Waals surface area contributed by atoms with Crippen molar-refractivity contribution in [3.8, 4) is 5.75 Å². The Morgan fingerprint density at radius 2 is 2.12 bits per heavy atom. The van der Waals surface area contributed by atoms with Gasteiger partial charge in [0.05, 0.1) is 18.8 Å². The second kappa shape index (κ2) is 8.33. The summed E-state index contributed by atoms with van der Waals surface area (Å²) < 4.78 is 10.5. The minimum absolute atomic E-state index is 0.125. The molecule has 3 N–H and O–H groups in total. The second-order valence-corrected chi connectivity index (χ2v) is 5.93. The fraction of sp³-hybridized carbons (Fsp3) is 0.316. The van der Waals surface area contributed by atoms with Crippen molar-refractivity contribution < 1.29 is 14.3 Å². The number of nitrogens with zero attached hydrogens (tertiary/aromatic N) is 2. The third-order valence-corrected chi connectivity index (χ3v) is 3.99. The highest BCUT2D eigenvalue weighted by atomic mass is 16.5. The van der Waals surface area contributed by atoms with Crippen LogP contribution < -0.4 is 15.8 Å². The lowest BCUT2D eigenvalue weighted by molar-refractivity contribution is 0.102. The summed E-state index contributed by atoms with van der Waals surface area (Å²) in [6.07, 6.45) is 3.30. The quantitative estimate of drug-likeness (QED) is 0.795. The van der Waals surface area contributed by atoms with E-state index in [0.717, 1.165) is 18.5 Å². The van der Waals surface area contributed by atoms with Crippen LogP contribution in [-0.4, -0.2) is 36.2 Å². The van der Waals surface area contributed by atoms with Gasteiger partial charge in [-0.05, 0) is 49.6 Å². The summed E-state index contributed by atoms with van der Waals surface area (Å²) in [6, 6.07) is 11.5. The molecule has 136 valence electrons. The molecule has 7 nitrogen and oxygen atoms in total. The van der Waals surface area contributed by atoms with Crippen molar-refractivity contribution in [3.05, 3.63) is 53.9 Å². The Morgan fingerprint density at radius 3 is 2.73 bits per heavy atom. The largest absolute Gasteiger partial charge is 0.492 e. The Hall–Kier alpha value is -3.09. The van der Waals surface area contributed by atoms with Crippen LogP contribution in [0.1, 0.15) is 29.4 Å². The van der Waals surface area contributed by atoms with Gasteiger partial charge in [-0.25, -0.2) is 9.98 Å². The van der Waals surface area contributed by atoms with Crippen LogP contribution >= 0.6 is 0 Å². The minimum atomic E-state index is -0.256. The lowest BCUT2D eigenvalue weighted by Gasteiger charge is -2.08. The number of pyridine rings is 1. The van der Waals surface area contributed by atoms with Crippen molar-refractivity contribution in [2.75, 3.05) is 18.5 Å². The van der Waals surface area contributed by atoms with E-state index >= 15 is 0 Å². The molecule has 0 fully saturated rings. The van der Waals surface area contributed by atoms with Crippen LogP contribution in [0.5, 0.6) is 5.75 Å². The molecule has 0 saturated heterocycles. The second-order valence-electron chi connectivity index (χ2n) is 5.93. The SMILES string of the molecule is CCOc1ccc(C(=O)Nc2ccc(CC[C@H]3COC(N)=N3)cc2)nc1. The topological polar surface area (TPSA) is 98.8 Å². The Balaban J connectivity index is 1.52. The predicted octanol–water partition coefficient (Wildman–Crippen LogP) is 2.38. The highest BCUT2D eigenvalue weighted by Crippen LogP contribution is 2.16. The van der Waals surface area contributed by atoms with Gasteiger partial charge in [-0.15, -0.1) is 0 Å². The van der Waals surface area contributed by atoms with E-state index in [-0.39, 0.29) is 18.0 Å². The molecule has 1 aromatic carbocycles. The number of amidine groups is 1. The molecule has 1 aromatic heterocycles. The van der Waals surface area contributed by atoms with Gasteiger partial charge in [0.15, 0.2) is 0 Å². The fourth-order valence-electron chi connectivity index (χ4n) is 2.63. The highest BCUT2D eigenvalue weighted by Gasteiger charge is 2.16. The number of carbonyl (C=O) groups excluding carboxylic acids is 1. The third-order valence-electron chi connectivity index (χ3n) is 3.99. The summed E-state index contributed by atoms with van der Waals surface area (Å²) in [5, 5.41) is 2.84. The number of ether oxygens (including phenoxy) is 2. The lowest BCUT2D eigenvalue weighted by atomic mass is 10.1. The fourth-order valence-corrected chi connectivity index (χ4v) is 2.63. The first-order chi connectivity index (χ1) is 12.6. The van der Waals surface area contributed by atoms with Gasteiger partial charge in [-0.1, -0.05) is 12.1 Å². The summed E-state index contributed by atoms with van der Waals surface area (Å²) in [7, 11) is 0. The van der Waals surface area contributed by atoms with Crippen LogP contribution in [0.4, 0.5) is 5.69 Å². The number of aliphatic imine (C=N–C) groups is 1. The van der Waals surface area contributed by atoms with Crippen LogP contribution in [0.25, 0.3) is 0 Å². The molecular formula is C19H22N4O3. The molecular weight excluding hydrogens is 332 g/mol. The molecule has 1 aliphatic heterocycles. The number of rotatable bonds is 7. The zero-order chi connectivity index (χ0) is 18.4. The Bertz CT molecular complexity index is 772. The zero-order valence-electron chi connectivity index (χ0n) is 14.6. The molecule has 2 aromatic rings. The van der Waals surface area contributed by atoms with Crippen molar-refractivity contribution in [1.82, 2.24) is 4.98 Å². The first-order valence-corrected chi connectivity index (χ1v) is 8.59. The molecule has 3 rings (SSSR count). The molecule has 7 heteroatoms. The number of carbonyl (C=O) groups is 1. The van der Waals surface area contributed by atoms with Gasteiger partial charge in [0.2, 0.25) is 0 Å². The van der Waals surface area contributed by atoms with E-state index in [1.807, 2.05) is 31.2 Å². The number of hydrogen-bond acceptors (Lipinski definition) is 6. The first kappa shape index (κ1) is 17.7. The van der Waals surface area contributed by atoms with E-state index in [9.17, 15) is 4.79 Å². The molecule has 1 atom stereocenters. The van der Waals surface area contributed by atoms with Crippen molar-refractivity contribution in [2.45, 2.75) is 25.8 Å². The Labute approximate surface area is 152 Å². The smallest absolute Gasteiger partial charge is 0.282 e. The molecule has 0 bridgehead atoms. The van der Waals surface area contributed by atoms with Gasteiger partial charge in [-0.2, -0.15) is 0 Å². The molecule has 0 saturated carbocycles. The Kier molecular flexibility index (Phi) is 5.68. The van der Waals surface area contributed by atoms with Gasteiger partial charge in [0.1, 0.15) is 18.1 Å².